The number of carbonyl (C=O) groups excluding carboxylic acids is 2. The number of thioether (sulfide) groups is 1. The van der Waals surface area contributed by atoms with Crippen LogP contribution in [0, 0.1) is 0 Å². The number of ether oxygens (including phenoxy) is 2. The lowest BCUT2D eigenvalue weighted by Gasteiger charge is -2.31. The zero-order chi connectivity index (χ0) is 15.1. The van der Waals surface area contributed by atoms with Gasteiger partial charge in [-0.15, -0.1) is 0 Å². The maximum atomic E-state index is 12.0. The van der Waals surface area contributed by atoms with Gasteiger partial charge in [0, 0.05) is 19.2 Å². The van der Waals surface area contributed by atoms with Gasteiger partial charge in [-0.05, 0) is 5.56 Å². The molecule has 2 rings (SSSR count). The third kappa shape index (κ3) is 5.40. The molecule has 0 aliphatic carbocycles. The Morgan fingerprint density at radius 3 is 2.86 bits per heavy atom. The molecule has 5 nitrogen and oxygen atoms in total. The molecule has 6 heteroatoms. The Hall–Kier alpha value is -1.53. The highest BCUT2D eigenvalue weighted by Crippen LogP contribution is 2.13. The maximum Gasteiger partial charge on any atom is 0.410 e. The molecule has 1 heterocycles. The summed E-state index contributed by atoms with van der Waals surface area (Å²) in [6.45, 7) is 3.26. The maximum absolute atomic E-state index is 12.0. The molecule has 0 aromatic heterocycles. The van der Waals surface area contributed by atoms with Crippen LogP contribution >= 0.6 is 11.8 Å². The fraction of sp³-hybridized carbons (Fsp3) is 0.467. The lowest BCUT2D eigenvalue weighted by Crippen LogP contribution is -2.46. The third-order valence-corrected chi connectivity index (χ3v) is 4.02. The molecular weight excluding hydrogens is 290 g/mol. The first-order chi connectivity index (χ1) is 10.1. The second-order valence-corrected chi connectivity index (χ2v) is 5.98. The molecule has 114 valence electrons. The highest BCUT2D eigenvalue weighted by Gasteiger charge is 2.25. The van der Waals surface area contributed by atoms with Crippen LogP contribution in [0.5, 0.6) is 0 Å². The normalized spacial score (nSPS) is 18.3. The van der Waals surface area contributed by atoms with E-state index in [-0.39, 0.29) is 23.9 Å². The van der Waals surface area contributed by atoms with E-state index in [1.165, 1.54) is 18.7 Å². The second-order valence-electron chi connectivity index (χ2n) is 4.78. The molecule has 1 aliphatic heterocycles. The fourth-order valence-corrected chi connectivity index (χ4v) is 2.63. The minimum absolute atomic E-state index is 0.0578. The van der Waals surface area contributed by atoms with Gasteiger partial charge in [-0.2, -0.15) is 0 Å². The van der Waals surface area contributed by atoms with Gasteiger partial charge in [0.2, 0.25) is 0 Å². The van der Waals surface area contributed by atoms with E-state index < -0.39 is 0 Å². The van der Waals surface area contributed by atoms with E-state index in [0.717, 1.165) is 5.56 Å². The van der Waals surface area contributed by atoms with Crippen molar-refractivity contribution >= 4 is 23.0 Å². The Balaban J connectivity index is 1.77. The minimum Gasteiger partial charge on any atom is -0.445 e. The molecule has 1 aromatic carbocycles. The molecular formula is C15H19NO4S. The van der Waals surface area contributed by atoms with Crippen molar-refractivity contribution in [3.05, 3.63) is 35.9 Å². The van der Waals surface area contributed by atoms with E-state index >= 15 is 0 Å². The van der Waals surface area contributed by atoms with Crippen LogP contribution in [0.1, 0.15) is 12.5 Å². The number of rotatable bonds is 4. The second kappa shape index (κ2) is 8.05. The number of morpholine rings is 1. The molecule has 1 amide bonds. The van der Waals surface area contributed by atoms with Gasteiger partial charge in [-0.1, -0.05) is 42.1 Å². The van der Waals surface area contributed by atoms with Crippen LogP contribution in [0.4, 0.5) is 4.79 Å². The monoisotopic (exact) mass is 309 g/mol. The highest BCUT2D eigenvalue weighted by molar-refractivity contribution is 8.13. The fourth-order valence-electron chi connectivity index (χ4n) is 2.01. The third-order valence-electron chi connectivity index (χ3n) is 3.07. The van der Waals surface area contributed by atoms with Crippen LogP contribution < -0.4 is 0 Å². The molecule has 1 saturated heterocycles. The van der Waals surface area contributed by atoms with Crippen molar-refractivity contribution in [1.82, 2.24) is 4.90 Å². The van der Waals surface area contributed by atoms with E-state index in [1.807, 2.05) is 30.3 Å². The van der Waals surface area contributed by atoms with Crippen molar-refractivity contribution in [3.8, 4) is 0 Å². The first kappa shape index (κ1) is 15.9. The smallest absolute Gasteiger partial charge is 0.410 e. The average Bonchev–Trinajstić information content (AvgIpc) is 2.52. The molecule has 1 atom stereocenters. The standard InChI is InChI=1S/C15H19NO4S/c1-12(17)21-11-14-9-16(7-8-19-14)15(18)20-10-13-5-3-2-4-6-13/h2-6,14H,7-11H2,1H3. The average molecular weight is 309 g/mol. The van der Waals surface area contributed by atoms with Gasteiger partial charge in [0.05, 0.1) is 19.3 Å². The van der Waals surface area contributed by atoms with E-state index in [2.05, 4.69) is 0 Å². The van der Waals surface area contributed by atoms with E-state index in [9.17, 15) is 9.59 Å². The summed E-state index contributed by atoms with van der Waals surface area (Å²) in [7, 11) is 0. The quantitative estimate of drug-likeness (QED) is 0.854. The molecule has 0 bridgehead atoms. The first-order valence-electron chi connectivity index (χ1n) is 6.86. The van der Waals surface area contributed by atoms with Gasteiger partial charge in [-0.25, -0.2) is 4.79 Å². The SMILES string of the molecule is CC(=O)SCC1CN(C(=O)OCc2ccccc2)CCO1. The number of nitrogens with zero attached hydrogens (tertiary/aromatic N) is 1. The van der Waals surface area contributed by atoms with Crippen molar-refractivity contribution in [3.63, 3.8) is 0 Å². The summed E-state index contributed by atoms with van der Waals surface area (Å²) in [6, 6.07) is 9.57. The minimum atomic E-state index is -0.333. The number of carbonyl (C=O) groups is 2. The number of hydrogen-bond acceptors (Lipinski definition) is 5. The topological polar surface area (TPSA) is 55.8 Å². The van der Waals surface area contributed by atoms with Crippen molar-refractivity contribution in [2.45, 2.75) is 19.6 Å². The summed E-state index contributed by atoms with van der Waals surface area (Å²) in [6.07, 6.45) is -0.447. The van der Waals surface area contributed by atoms with Crippen molar-refractivity contribution in [1.29, 1.82) is 0 Å². The highest BCUT2D eigenvalue weighted by atomic mass is 32.2. The Morgan fingerprint density at radius 1 is 1.38 bits per heavy atom. The van der Waals surface area contributed by atoms with Crippen LogP contribution in [0.3, 0.4) is 0 Å². The molecule has 0 spiro atoms. The van der Waals surface area contributed by atoms with Crippen molar-refractivity contribution < 1.29 is 19.1 Å². The van der Waals surface area contributed by atoms with Gasteiger partial charge in [0.1, 0.15) is 6.61 Å². The van der Waals surface area contributed by atoms with E-state index in [1.54, 1.807) is 4.90 Å². The van der Waals surface area contributed by atoms with Crippen LogP contribution in [0.25, 0.3) is 0 Å². The predicted octanol–water partition coefficient (Wildman–Crippen LogP) is 2.30. The van der Waals surface area contributed by atoms with Crippen LogP contribution in [-0.4, -0.2) is 47.7 Å². The molecule has 1 fully saturated rings. The predicted molar refractivity (Wildman–Crippen MR) is 81.1 cm³/mol. The molecule has 1 aliphatic rings. The Morgan fingerprint density at radius 2 is 2.14 bits per heavy atom. The molecule has 21 heavy (non-hydrogen) atoms. The Bertz CT molecular complexity index is 480. The number of amides is 1. The number of benzene rings is 1. The van der Waals surface area contributed by atoms with Gasteiger partial charge in [-0.3, -0.25) is 4.79 Å². The van der Waals surface area contributed by atoms with Crippen LogP contribution in [-0.2, 0) is 20.9 Å². The van der Waals surface area contributed by atoms with Crippen LogP contribution in [0.2, 0.25) is 0 Å². The first-order valence-corrected chi connectivity index (χ1v) is 7.84. The number of hydrogen-bond donors (Lipinski definition) is 0. The van der Waals surface area contributed by atoms with Crippen LogP contribution in [0.15, 0.2) is 30.3 Å². The molecule has 0 radical (unpaired) electrons. The summed E-state index contributed by atoms with van der Waals surface area (Å²) in [5.74, 6) is 0.567. The van der Waals surface area contributed by atoms with Crippen molar-refractivity contribution in [2.24, 2.45) is 0 Å². The lowest BCUT2D eigenvalue weighted by atomic mass is 10.2. The lowest BCUT2D eigenvalue weighted by molar-refractivity contribution is -0.109. The Labute approximate surface area is 128 Å². The van der Waals surface area contributed by atoms with Gasteiger partial charge >= 0.3 is 6.09 Å². The van der Waals surface area contributed by atoms with Gasteiger partial charge < -0.3 is 14.4 Å². The van der Waals surface area contributed by atoms with Gasteiger partial charge in [0.15, 0.2) is 5.12 Å². The van der Waals surface area contributed by atoms with Gasteiger partial charge in [0.25, 0.3) is 0 Å². The Kier molecular flexibility index (Phi) is 6.07. The van der Waals surface area contributed by atoms with E-state index in [0.29, 0.717) is 25.4 Å². The molecule has 0 saturated carbocycles. The molecule has 0 N–H and O–H groups in total. The summed E-state index contributed by atoms with van der Waals surface area (Å²) < 4.78 is 10.8. The zero-order valence-electron chi connectivity index (χ0n) is 12.0. The summed E-state index contributed by atoms with van der Waals surface area (Å²) in [5.41, 5.74) is 0.961. The zero-order valence-corrected chi connectivity index (χ0v) is 12.8. The largest absolute Gasteiger partial charge is 0.445 e. The summed E-state index contributed by atoms with van der Waals surface area (Å²) >= 11 is 1.22. The summed E-state index contributed by atoms with van der Waals surface area (Å²) in [4.78, 5) is 24.6. The van der Waals surface area contributed by atoms with Crippen molar-refractivity contribution in [2.75, 3.05) is 25.4 Å². The summed E-state index contributed by atoms with van der Waals surface area (Å²) in [5, 5.41) is 0.0578. The molecule has 1 aromatic rings. The van der Waals surface area contributed by atoms with E-state index in [4.69, 9.17) is 9.47 Å². The molecule has 1 unspecified atom stereocenters.